The number of fused-ring (bicyclic) bond motifs is 1. The quantitative estimate of drug-likeness (QED) is 0.402. The fraction of sp³-hybridized carbons (Fsp3) is 0.400. The van der Waals surface area contributed by atoms with Crippen molar-refractivity contribution in [3.8, 4) is 0 Å². The molecular formula is C10H10I2N4O3. The van der Waals surface area contributed by atoms with Crippen molar-refractivity contribution in [3.63, 3.8) is 0 Å². The highest BCUT2D eigenvalue weighted by atomic mass is 127. The summed E-state index contributed by atoms with van der Waals surface area (Å²) in [5, 5.41) is 20.5. The van der Waals surface area contributed by atoms with Crippen molar-refractivity contribution in [1.29, 1.82) is 0 Å². The number of aromatic nitrogens is 3. The van der Waals surface area contributed by atoms with Crippen LogP contribution in [0.25, 0.3) is 11.0 Å². The Kier molecular flexibility index (Phi) is 3.57. The second kappa shape index (κ2) is 4.95. The van der Waals surface area contributed by atoms with Crippen LogP contribution in [0, 0.1) is 3.57 Å². The zero-order valence-corrected chi connectivity index (χ0v) is 13.8. The van der Waals surface area contributed by atoms with Crippen LogP contribution in [-0.2, 0) is 4.74 Å². The molecule has 102 valence electrons. The molecule has 0 bridgehead atoms. The number of nitrogens with zero attached hydrogens (tertiary/aromatic N) is 3. The van der Waals surface area contributed by atoms with E-state index in [1.54, 1.807) is 10.8 Å². The lowest BCUT2D eigenvalue weighted by Crippen LogP contribution is -2.29. The highest BCUT2D eigenvalue weighted by Crippen LogP contribution is 2.36. The Morgan fingerprint density at radius 2 is 2.05 bits per heavy atom. The number of anilines is 1. The van der Waals surface area contributed by atoms with Gasteiger partial charge in [-0.05, 0) is 45.2 Å². The van der Waals surface area contributed by atoms with E-state index in [-0.39, 0.29) is 0 Å². The third-order valence-electron chi connectivity index (χ3n) is 3.05. The molecule has 2 aromatic heterocycles. The molecule has 4 unspecified atom stereocenters. The van der Waals surface area contributed by atoms with Gasteiger partial charge in [-0.1, -0.05) is 0 Å². The second-order valence-corrected chi connectivity index (χ2v) is 6.59. The third-order valence-corrected chi connectivity index (χ3v) is 4.89. The molecule has 4 atom stereocenters. The summed E-state index contributed by atoms with van der Waals surface area (Å²) >= 11 is 4.07. The average molecular weight is 488 g/mol. The summed E-state index contributed by atoms with van der Waals surface area (Å²) in [7, 11) is 0. The van der Waals surface area contributed by atoms with Crippen LogP contribution in [0.5, 0.6) is 0 Å². The van der Waals surface area contributed by atoms with Crippen molar-refractivity contribution in [3.05, 3.63) is 16.1 Å². The summed E-state index contributed by atoms with van der Waals surface area (Å²) in [5.41, 5.74) is 6.42. The number of aliphatic hydroxyl groups is 2. The standard InChI is InChI=1S/C10H10I2N4O3/c11-3-1-16(9-4(3)8(13)14-2-15-9)10-6(18)5(17)7(12)19-10/h1-2,5-7,10,17-18H,(H2,13,14,15). The van der Waals surface area contributed by atoms with E-state index in [1.807, 2.05) is 22.6 Å². The SMILES string of the molecule is Nc1ncnc2c1c(I)cn2C1OC(I)C(O)C1O. The van der Waals surface area contributed by atoms with Crippen LogP contribution in [0.3, 0.4) is 0 Å². The van der Waals surface area contributed by atoms with Crippen molar-refractivity contribution in [2.24, 2.45) is 0 Å². The van der Waals surface area contributed by atoms with Gasteiger partial charge in [-0.15, -0.1) is 0 Å². The zero-order valence-electron chi connectivity index (χ0n) is 9.44. The third kappa shape index (κ3) is 2.11. The van der Waals surface area contributed by atoms with Gasteiger partial charge in [0.1, 0.15) is 34.1 Å². The molecule has 1 saturated heterocycles. The monoisotopic (exact) mass is 488 g/mol. The first-order valence-electron chi connectivity index (χ1n) is 5.43. The van der Waals surface area contributed by atoms with Crippen molar-refractivity contribution < 1.29 is 14.9 Å². The molecule has 19 heavy (non-hydrogen) atoms. The maximum absolute atomic E-state index is 10.0. The van der Waals surface area contributed by atoms with Crippen LogP contribution in [0.2, 0.25) is 0 Å². The summed E-state index contributed by atoms with van der Waals surface area (Å²) in [6, 6.07) is 0. The Hall–Kier alpha value is -0.240. The van der Waals surface area contributed by atoms with Gasteiger partial charge in [0.2, 0.25) is 0 Å². The van der Waals surface area contributed by atoms with E-state index in [2.05, 4.69) is 32.6 Å². The van der Waals surface area contributed by atoms with Crippen LogP contribution < -0.4 is 5.73 Å². The molecule has 1 aliphatic rings. The molecule has 0 spiro atoms. The van der Waals surface area contributed by atoms with Gasteiger partial charge in [-0.25, -0.2) is 9.97 Å². The normalized spacial score (nSPS) is 31.2. The van der Waals surface area contributed by atoms with Gasteiger partial charge in [0.05, 0.1) is 5.39 Å². The largest absolute Gasteiger partial charge is 0.387 e. The predicted octanol–water partition coefficient (Wildman–Crippen LogP) is 0.630. The molecule has 3 rings (SSSR count). The topological polar surface area (TPSA) is 106 Å². The summed E-state index contributed by atoms with van der Waals surface area (Å²) < 4.78 is 7.66. The lowest BCUT2D eigenvalue weighted by Gasteiger charge is -2.16. The van der Waals surface area contributed by atoms with E-state index in [1.165, 1.54) is 6.33 Å². The summed E-state index contributed by atoms with van der Waals surface area (Å²) in [5.74, 6) is 0.382. The molecule has 7 nitrogen and oxygen atoms in total. The highest BCUT2D eigenvalue weighted by molar-refractivity contribution is 14.1. The number of aliphatic hydroxyl groups excluding tert-OH is 2. The van der Waals surface area contributed by atoms with Gasteiger partial charge in [-0.3, -0.25) is 0 Å². The van der Waals surface area contributed by atoms with E-state index in [0.29, 0.717) is 11.5 Å². The van der Waals surface area contributed by atoms with Crippen molar-refractivity contribution in [2.45, 2.75) is 22.5 Å². The second-order valence-electron chi connectivity index (χ2n) is 4.20. The van der Waals surface area contributed by atoms with E-state index >= 15 is 0 Å². The molecule has 9 heteroatoms. The fourth-order valence-electron chi connectivity index (χ4n) is 2.10. The first-order valence-corrected chi connectivity index (χ1v) is 7.75. The summed E-state index contributed by atoms with van der Waals surface area (Å²) in [4.78, 5) is 8.14. The number of nitrogens with two attached hydrogens (primary N) is 1. The Bertz CT molecular complexity index is 635. The molecule has 2 aromatic rings. The molecule has 0 aliphatic carbocycles. The van der Waals surface area contributed by atoms with E-state index < -0.39 is 22.5 Å². The lowest BCUT2D eigenvalue weighted by molar-refractivity contribution is -0.0175. The Morgan fingerprint density at radius 3 is 2.68 bits per heavy atom. The number of nitrogen functional groups attached to an aromatic ring is 1. The van der Waals surface area contributed by atoms with Gasteiger partial charge in [0.15, 0.2) is 6.23 Å². The first kappa shape index (κ1) is 13.7. The summed E-state index contributed by atoms with van der Waals surface area (Å²) in [6.07, 6.45) is 0.524. The number of hydrogen-bond donors (Lipinski definition) is 3. The van der Waals surface area contributed by atoms with E-state index in [4.69, 9.17) is 10.5 Å². The molecule has 4 N–H and O–H groups in total. The molecular weight excluding hydrogens is 478 g/mol. The van der Waals surface area contributed by atoms with Gasteiger partial charge in [0, 0.05) is 9.77 Å². The average Bonchev–Trinajstić information content (AvgIpc) is 2.83. The fourth-order valence-corrected chi connectivity index (χ4v) is 3.65. The van der Waals surface area contributed by atoms with Gasteiger partial charge in [0.25, 0.3) is 0 Å². The Labute approximate surface area is 135 Å². The van der Waals surface area contributed by atoms with Crippen molar-refractivity contribution >= 4 is 62.0 Å². The minimum absolute atomic E-state index is 0.382. The van der Waals surface area contributed by atoms with Crippen LogP contribution in [0.4, 0.5) is 5.82 Å². The van der Waals surface area contributed by atoms with E-state index in [0.717, 1.165) is 8.96 Å². The van der Waals surface area contributed by atoms with Gasteiger partial charge < -0.3 is 25.3 Å². The van der Waals surface area contributed by atoms with Crippen molar-refractivity contribution in [2.75, 3.05) is 5.73 Å². The van der Waals surface area contributed by atoms with Gasteiger partial charge in [-0.2, -0.15) is 0 Å². The van der Waals surface area contributed by atoms with Crippen molar-refractivity contribution in [1.82, 2.24) is 14.5 Å². The van der Waals surface area contributed by atoms with Crippen LogP contribution in [0.1, 0.15) is 6.23 Å². The molecule has 0 amide bonds. The highest BCUT2D eigenvalue weighted by Gasteiger charge is 2.43. The van der Waals surface area contributed by atoms with Crippen LogP contribution in [-0.4, -0.2) is 41.1 Å². The minimum Gasteiger partial charge on any atom is -0.387 e. The number of alkyl halides is 1. The molecule has 0 aromatic carbocycles. The molecule has 3 heterocycles. The Morgan fingerprint density at radius 1 is 1.32 bits per heavy atom. The maximum atomic E-state index is 10.0. The first-order chi connectivity index (χ1) is 9.00. The maximum Gasteiger partial charge on any atom is 0.165 e. The zero-order chi connectivity index (χ0) is 13.7. The Balaban J connectivity index is 2.14. The molecule has 0 saturated carbocycles. The lowest BCUT2D eigenvalue weighted by atomic mass is 10.2. The molecule has 1 aliphatic heterocycles. The smallest absolute Gasteiger partial charge is 0.165 e. The molecule has 0 radical (unpaired) electrons. The number of hydrogen-bond acceptors (Lipinski definition) is 6. The number of ether oxygens (including phenoxy) is 1. The van der Waals surface area contributed by atoms with Crippen LogP contribution in [0.15, 0.2) is 12.5 Å². The van der Waals surface area contributed by atoms with E-state index in [9.17, 15) is 10.2 Å². The minimum atomic E-state index is -1.01. The number of halogens is 2. The van der Waals surface area contributed by atoms with Crippen LogP contribution >= 0.6 is 45.2 Å². The number of rotatable bonds is 1. The van der Waals surface area contributed by atoms with Gasteiger partial charge >= 0.3 is 0 Å². The summed E-state index contributed by atoms with van der Waals surface area (Å²) in [6.45, 7) is 0. The molecule has 1 fully saturated rings. The predicted molar refractivity (Wildman–Crippen MR) is 84.6 cm³/mol.